The van der Waals surface area contributed by atoms with E-state index in [-0.39, 0.29) is 10.5 Å². The van der Waals surface area contributed by atoms with Crippen molar-refractivity contribution < 1.29 is 17.9 Å². The lowest BCUT2D eigenvalue weighted by Crippen LogP contribution is -2.44. The van der Waals surface area contributed by atoms with Gasteiger partial charge in [-0.1, -0.05) is 0 Å². The summed E-state index contributed by atoms with van der Waals surface area (Å²) in [5.74, 6) is -0.595. The van der Waals surface area contributed by atoms with E-state index in [0.717, 1.165) is 18.9 Å². The molecule has 0 saturated carbocycles. The highest BCUT2D eigenvalue weighted by Crippen LogP contribution is 2.23. The van der Waals surface area contributed by atoms with E-state index in [1.165, 1.54) is 16.4 Å². The molecule has 118 valence electrons. The van der Waals surface area contributed by atoms with Crippen LogP contribution >= 0.6 is 0 Å². The zero-order valence-corrected chi connectivity index (χ0v) is 13.1. The summed E-state index contributed by atoms with van der Waals surface area (Å²) >= 11 is 0. The van der Waals surface area contributed by atoms with E-state index < -0.39 is 22.4 Å². The predicted molar refractivity (Wildman–Crippen MR) is 77.8 cm³/mol. The van der Waals surface area contributed by atoms with Crippen LogP contribution < -0.4 is 0 Å². The Morgan fingerprint density at radius 2 is 1.95 bits per heavy atom. The Hall–Kier alpha value is -1.02. The lowest BCUT2D eigenvalue weighted by atomic mass is 10.1. The Morgan fingerprint density at radius 3 is 2.48 bits per heavy atom. The molecule has 1 fully saturated rings. The van der Waals surface area contributed by atoms with Crippen LogP contribution in [-0.4, -0.2) is 56.0 Å². The van der Waals surface area contributed by atoms with Gasteiger partial charge in [0, 0.05) is 24.7 Å². The average molecular weight is 316 g/mol. The van der Waals surface area contributed by atoms with Crippen molar-refractivity contribution in [1.29, 1.82) is 0 Å². The van der Waals surface area contributed by atoms with Crippen molar-refractivity contribution in [2.75, 3.05) is 27.2 Å². The maximum absolute atomic E-state index is 13.4. The second kappa shape index (κ2) is 6.39. The van der Waals surface area contributed by atoms with Gasteiger partial charge < -0.3 is 10.0 Å². The number of aliphatic hydroxyl groups is 1. The number of sulfonamides is 1. The summed E-state index contributed by atoms with van der Waals surface area (Å²) in [5.41, 5.74) is -0.000692. The van der Waals surface area contributed by atoms with Gasteiger partial charge in [-0.2, -0.15) is 4.31 Å². The highest BCUT2D eigenvalue weighted by Gasteiger charge is 2.30. The highest BCUT2D eigenvalue weighted by atomic mass is 32.2. The molecule has 2 rings (SSSR count). The zero-order chi connectivity index (χ0) is 15.6. The van der Waals surface area contributed by atoms with Crippen molar-refractivity contribution in [2.24, 2.45) is 0 Å². The monoisotopic (exact) mass is 316 g/mol. The quantitative estimate of drug-likeness (QED) is 0.901. The van der Waals surface area contributed by atoms with E-state index in [0.29, 0.717) is 19.1 Å². The molecule has 7 heteroatoms. The molecule has 1 aliphatic heterocycles. The van der Waals surface area contributed by atoms with E-state index in [4.69, 9.17) is 5.11 Å². The average Bonchev–Trinajstić information content (AvgIpc) is 2.47. The van der Waals surface area contributed by atoms with Gasteiger partial charge >= 0.3 is 0 Å². The van der Waals surface area contributed by atoms with Crippen LogP contribution in [0.1, 0.15) is 18.4 Å². The largest absolute Gasteiger partial charge is 0.392 e. The Kier molecular flexibility index (Phi) is 4.98. The van der Waals surface area contributed by atoms with E-state index in [2.05, 4.69) is 4.90 Å². The van der Waals surface area contributed by atoms with Gasteiger partial charge in [0.2, 0.25) is 10.0 Å². The van der Waals surface area contributed by atoms with E-state index in [1.54, 1.807) is 0 Å². The molecule has 1 N–H and O–H groups in total. The van der Waals surface area contributed by atoms with E-state index in [1.807, 2.05) is 14.1 Å². The van der Waals surface area contributed by atoms with Gasteiger partial charge in [-0.3, -0.25) is 0 Å². The summed E-state index contributed by atoms with van der Waals surface area (Å²) in [6.45, 7) is 0.395. The third-order valence-corrected chi connectivity index (χ3v) is 5.87. The van der Waals surface area contributed by atoms with E-state index >= 15 is 0 Å². The fourth-order valence-corrected chi connectivity index (χ4v) is 4.10. The Labute approximate surface area is 125 Å². The van der Waals surface area contributed by atoms with Crippen molar-refractivity contribution >= 4 is 10.0 Å². The van der Waals surface area contributed by atoms with E-state index in [9.17, 15) is 12.8 Å². The molecular formula is C14H21FN2O3S. The van der Waals surface area contributed by atoms with Gasteiger partial charge in [0.25, 0.3) is 0 Å². The molecule has 0 spiro atoms. The minimum atomic E-state index is -3.62. The first-order chi connectivity index (χ1) is 9.86. The number of aliphatic hydroxyl groups excluding tert-OH is 1. The fourth-order valence-electron chi connectivity index (χ4n) is 2.58. The van der Waals surface area contributed by atoms with Gasteiger partial charge in [0.05, 0.1) is 11.5 Å². The molecule has 1 aromatic carbocycles. The van der Waals surface area contributed by atoms with Crippen LogP contribution in [0.2, 0.25) is 0 Å². The third kappa shape index (κ3) is 3.42. The van der Waals surface area contributed by atoms with Crippen LogP contribution in [-0.2, 0) is 16.6 Å². The van der Waals surface area contributed by atoms with Crippen molar-refractivity contribution in [3.63, 3.8) is 0 Å². The molecule has 0 radical (unpaired) electrons. The zero-order valence-electron chi connectivity index (χ0n) is 12.3. The second-order valence-electron chi connectivity index (χ2n) is 5.51. The van der Waals surface area contributed by atoms with Crippen LogP contribution in [0, 0.1) is 5.82 Å². The smallest absolute Gasteiger partial charge is 0.243 e. The molecule has 1 aromatic rings. The SMILES string of the molecule is CN(C)C1CCN(S(=O)(=O)c2ccc(F)c(CO)c2)CC1. The van der Waals surface area contributed by atoms with Crippen molar-refractivity contribution in [1.82, 2.24) is 9.21 Å². The van der Waals surface area contributed by atoms with Gasteiger partial charge in [0.1, 0.15) is 5.82 Å². The number of benzene rings is 1. The van der Waals surface area contributed by atoms with Crippen molar-refractivity contribution in [3.8, 4) is 0 Å². The molecule has 0 amide bonds. The molecule has 1 aliphatic rings. The summed E-state index contributed by atoms with van der Waals surface area (Å²) < 4.78 is 39.9. The molecule has 0 bridgehead atoms. The molecule has 0 aliphatic carbocycles. The molecule has 1 saturated heterocycles. The first kappa shape index (κ1) is 16.4. The Balaban J connectivity index is 2.19. The second-order valence-corrected chi connectivity index (χ2v) is 7.45. The molecule has 0 unspecified atom stereocenters. The molecule has 5 nitrogen and oxygen atoms in total. The molecular weight excluding hydrogens is 295 g/mol. The lowest BCUT2D eigenvalue weighted by molar-refractivity contribution is 0.196. The number of piperidine rings is 1. The van der Waals surface area contributed by atoms with Crippen molar-refractivity contribution in [3.05, 3.63) is 29.6 Å². The number of rotatable bonds is 4. The minimum absolute atomic E-state index is 0.000692. The summed E-state index contributed by atoms with van der Waals surface area (Å²) in [7, 11) is 0.353. The van der Waals surface area contributed by atoms with Gasteiger partial charge in [-0.15, -0.1) is 0 Å². The lowest BCUT2D eigenvalue weighted by Gasteiger charge is -2.34. The number of hydrogen-bond acceptors (Lipinski definition) is 4. The summed E-state index contributed by atoms with van der Waals surface area (Å²) in [6.07, 6.45) is 1.56. The van der Waals surface area contributed by atoms with Crippen LogP contribution in [0.3, 0.4) is 0 Å². The maximum atomic E-state index is 13.4. The summed E-state index contributed by atoms with van der Waals surface area (Å²) in [6, 6.07) is 3.94. The first-order valence-electron chi connectivity index (χ1n) is 6.92. The summed E-state index contributed by atoms with van der Waals surface area (Å²) in [4.78, 5) is 2.14. The maximum Gasteiger partial charge on any atom is 0.243 e. The first-order valence-corrected chi connectivity index (χ1v) is 8.36. The topological polar surface area (TPSA) is 60.9 Å². The standard InChI is InChI=1S/C14H21FN2O3S/c1-16(2)12-5-7-17(8-6-12)21(19,20)13-3-4-14(15)11(9-13)10-18/h3-4,9,12,18H,5-8,10H2,1-2H3. The van der Waals surface area contributed by atoms with Crippen LogP contribution in [0.4, 0.5) is 4.39 Å². The van der Waals surface area contributed by atoms with Crippen LogP contribution in [0.15, 0.2) is 23.1 Å². The predicted octanol–water partition coefficient (Wildman–Crippen LogP) is 1.03. The Bertz CT molecular complexity index is 596. The summed E-state index contributed by atoms with van der Waals surface area (Å²) in [5, 5.41) is 9.06. The highest BCUT2D eigenvalue weighted by molar-refractivity contribution is 7.89. The van der Waals surface area contributed by atoms with Crippen LogP contribution in [0.25, 0.3) is 0 Å². The minimum Gasteiger partial charge on any atom is -0.392 e. The molecule has 0 atom stereocenters. The molecule has 21 heavy (non-hydrogen) atoms. The number of halogens is 1. The fraction of sp³-hybridized carbons (Fsp3) is 0.571. The Morgan fingerprint density at radius 1 is 1.33 bits per heavy atom. The van der Waals surface area contributed by atoms with Gasteiger partial charge in [-0.25, -0.2) is 12.8 Å². The van der Waals surface area contributed by atoms with Crippen molar-refractivity contribution in [2.45, 2.75) is 30.4 Å². The van der Waals surface area contributed by atoms with Crippen LogP contribution in [0.5, 0.6) is 0 Å². The molecule has 1 heterocycles. The number of nitrogens with zero attached hydrogens (tertiary/aromatic N) is 2. The number of hydrogen-bond donors (Lipinski definition) is 1. The normalized spacial score (nSPS) is 18.3. The van der Waals surface area contributed by atoms with Gasteiger partial charge in [0.15, 0.2) is 0 Å². The molecule has 0 aromatic heterocycles. The van der Waals surface area contributed by atoms with Gasteiger partial charge in [-0.05, 0) is 45.1 Å². The third-order valence-electron chi connectivity index (χ3n) is 3.98.